The number of halogens is 1. The fourth-order valence-corrected chi connectivity index (χ4v) is 2.50. The first-order valence-corrected chi connectivity index (χ1v) is 7.11. The van der Waals surface area contributed by atoms with Crippen molar-refractivity contribution < 1.29 is 9.53 Å². The summed E-state index contributed by atoms with van der Waals surface area (Å²) in [5.41, 5.74) is 8.01. The monoisotopic (exact) mass is 312 g/mol. The predicted octanol–water partition coefficient (Wildman–Crippen LogP) is 2.30. The molecule has 0 aromatic heterocycles. The van der Waals surface area contributed by atoms with E-state index in [1.165, 1.54) is 0 Å². The van der Waals surface area contributed by atoms with E-state index in [2.05, 4.69) is 6.92 Å². The number of nitrogens with zero attached hydrogens (tertiary/aromatic N) is 1. The number of hydrogen-bond donors (Lipinski definition) is 1. The Morgan fingerprint density at radius 2 is 2.14 bits per heavy atom. The molecule has 1 aliphatic heterocycles. The molecule has 0 saturated carbocycles. The Morgan fingerprint density at radius 3 is 2.76 bits per heavy atom. The van der Waals surface area contributed by atoms with Gasteiger partial charge in [-0.2, -0.15) is 0 Å². The molecule has 2 rings (SSSR count). The van der Waals surface area contributed by atoms with Gasteiger partial charge in [-0.05, 0) is 49.4 Å². The van der Waals surface area contributed by atoms with Crippen molar-refractivity contribution in [2.24, 2.45) is 11.1 Å². The first kappa shape index (κ1) is 17.8. The molecule has 4 nitrogen and oxygen atoms in total. The van der Waals surface area contributed by atoms with Crippen LogP contribution in [0.4, 0.5) is 0 Å². The lowest BCUT2D eigenvalue weighted by molar-refractivity contribution is -0.132. The molecule has 1 aromatic rings. The maximum Gasteiger partial charge on any atom is 0.260 e. The number of carbonyl (C=O) groups is 1. The third-order valence-corrected chi connectivity index (χ3v) is 4.10. The third-order valence-electron chi connectivity index (χ3n) is 4.10. The van der Waals surface area contributed by atoms with Crippen LogP contribution in [0.15, 0.2) is 18.2 Å². The van der Waals surface area contributed by atoms with Crippen LogP contribution in [0.1, 0.15) is 24.5 Å². The molecule has 1 saturated heterocycles. The highest BCUT2D eigenvalue weighted by Gasteiger charge is 2.34. The van der Waals surface area contributed by atoms with E-state index in [0.29, 0.717) is 6.54 Å². The molecule has 1 fully saturated rings. The highest BCUT2D eigenvalue weighted by atomic mass is 35.5. The van der Waals surface area contributed by atoms with E-state index in [1.807, 2.05) is 36.9 Å². The zero-order chi connectivity index (χ0) is 14.8. The van der Waals surface area contributed by atoms with Gasteiger partial charge in [-0.25, -0.2) is 0 Å². The molecular formula is C16H25ClN2O2. The lowest BCUT2D eigenvalue weighted by Crippen LogP contribution is -2.36. The van der Waals surface area contributed by atoms with Gasteiger partial charge in [-0.15, -0.1) is 12.4 Å². The molecule has 1 unspecified atom stereocenters. The summed E-state index contributed by atoms with van der Waals surface area (Å²) in [5.74, 6) is 0.835. The largest absolute Gasteiger partial charge is 0.483 e. The Bertz CT molecular complexity index is 507. The van der Waals surface area contributed by atoms with Crippen molar-refractivity contribution in [3.63, 3.8) is 0 Å². The molecule has 1 aliphatic rings. The molecule has 0 aliphatic carbocycles. The molecule has 21 heavy (non-hydrogen) atoms. The number of hydrogen-bond acceptors (Lipinski definition) is 3. The second-order valence-electron chi connectivity index (χ2n) is 6.14. The van der Waals surface area contributed by atoms with Gasteiger partial charge in [0, 0.05) is 13.1 Å². The molecule has 2 N–H and O–H groups in total. The van der Waals surface area contributed by atoms with Gasteiger partial charge in [0.05, 0.1) is 0 Å². The topological polar surface area (TPSA) is 55.6 Å². The van der Waals surface area contributed by atoms with Crippen LogP contribution >= 0.6 is 12.4 Å². The molecule has 0 spiro atoms. The highest BCUT2D eigenvalue weighted by molar-refractivity contribution is 5.85. The van der Waals surface area contributed by atoms with Gasteiger partial charge < -0.3 is 15.4 Å². The van der Waals surface area contributed by atoms with E-state index < -0.39 is 0 Å². The second-order valence-corrected chi connectivity index (χ2v) is 6.14. The van der Waals surface area contributed by atoms with Crippen LogP contribution in [0.2, 0.25) is 0 Å². The standard InChI is InChI=1S/C16H24N2O2.ClH/c1-12-4-5-13(2)14(8-12)20-9-15(19)18-7-6-16(3,10-17)11-18;/h4-5,8H,6-7,9-11,17H2,1-3H3;1H. The van der Waals surface area contributed by atoms with E-state index in [4.69, 9.17) is 10.5 Å². The Hall–Kier alpha value is -1.26. The number of amides is 1. The Labute approximate surface area is 133 Å². The minimum atomic E-state index is 0. The number of carbonyl (C=O) groups excluding carboxylic acids is 1. The zero-order valence-electron chi connectivity index (χ0n) is 13.0. The minimum Gasteiger partial charge on any atom is -0.483 e. The molecule has 0 radical (unpaired) electrons. The first-order chi connectivity index (χ1) is 9.43. The summed E-state index contributed by atoms with van der Waals surface area (Å²) in [7, 11) is 0. The minimum absolute atomic E-state index is 0. The van der Waals surface area contributed by atoms with Gasteiger partial charge in [-0.1, -0.05) is 19.1 Å². The van der Waals surface area contributed by atoms with Gasteiger partial charge in [0.15, 0.2) is 6.61 Å². The quantitative estimate of drug-likeness (QED) is 0.928. The molecule has 118 valence electrons. The average molecular weight is 313 g/mol. The summed E-state index contributed by atoms with van der Waals surface area (Å²) in [6, 6.07) is 6.02. The van der Waals surface area contributed by atoms with Crippen molar-refractivity contribution in [1.29, 1.82) is 0 Å². The van der Waals surface area contributed by atoms with E-state index in [-0.39, 0.29) is 30.3 Å². The smallest absolute Gasteiger partial charge is 0.260 e. The maximum absolute atomic E-state index is 12.2. The van der Waals surface area contributed by atoms with Crippen molar-refractivity contribution >= 4 is 18.3 Å². The van der Waals surface area contributed by atoms with Crippen molar-refractivity contribution in [2.45, 2.75) is 27.2 Å². The first-order valence-electron chi connectivity index (χ1n) is 7.11. The third kappa shape index (κ3) is 4.35. The van der Waals surface area contributed by atoms with Crippen molar-refractivity contribution in [3.05, 3.63) is 29.3 Å². The van der Waals surface area contributed by atoms with Crippen LogP contribution < -0.4 is 10.5 Å². The van der Waals surface area contributed by atoms with Crippen LogP contribution in [0.25, 0.3) is 0 Å². The summed E-state index contributed by atoms with van der Waals surface area (Å²) < 4.78 is 5.67. The average Bonchev–Trinajstić information content (AvgIpc) is 2.83. The summed E-state index contributed by atoms with van der Waals surface area (Å²) in [4.78, 5) is 14.0. The van der Waals surface area contributed by atoms with Crippen molar-refractivity contribution in [1.82, 2.24) is 4.90 Å². The number of ether oxygens (including phenoxy) is 1. The van der Waals surface area contributed by atoms with Gasteiger partial charge in [0.25, 0.3) is 5.91 Å². The van der Waals surface area contributed by atoms with E-state index >= 15 is 0 Å². The van der Waals surface area contributed by atoms with Crippen LogP contribution in [0.5, 0.6) is 5.75 Å². The van der Waals surface area contributed by atoms with E-state index in [1.54, 1.807) is 0 Å². The predicted molar refractivity (Wildman–Crippen MR) is 87.0 cm³/mol. The van der Waals surface area contributed by atoms with E-state index in [9.17, 15) is 4.79 Å². The molecule has 1 atom stereocenters. The summed E-state index contributed by atoms with van der Waals surface area (Å²) >= 11 is 0. The van der Waals surface area contributed by atoms with Crippen LogP contribution in [0, 0.1) is 19.3 Å². The number of likely N-dealkylation sites (tertiary alicyclic amines) is 1. The fourth-order valence-electron chi connectivity index (χ4n) is 2.50. The Kier molecular flexibility index (Phi) is 6.05. The van der Waals surface area contributed by atoms with Crippen LogP contribution in [0.3, 0.4) is 0 Å². The van der Waals surface area contributed by atoms with Gasteiger partial charge in [0.1, 0.15) is 5.75 Å². The second kappa shape index (κ2) is 7.14. The van der Waals surface area contributed by atoms with Gasteiger partial charge in [0.2, 0.25) is 0 Å². The Balaban J connectivity index is 0.00000220. The van der Waals surface area contributed by atoms with Gasteiger partial charge in [-0.3, -0.25) is 4.79 Å². The molecule has 0 bridgehead atoms. The zero-order valence-corrected chi connectivity index (χ0v) is 13.8. The Morgan fingerprint density at radius 1 is 1.43 bits per heavy atom. The molecule has 1 aromatic carbocycles. The lowest BCUT2D eigenvalue weighted by atomic mass is 9.90. The SMILES string of the molecule is Cc1ccc(C)c(OCC(=O)N2CCC(C)(CN)C2)c1.Cl. The highest BCUT2D eigenvalue weighted by Crippen LogP contribution is 2.28. The summed E-state index contributed by atoms with van der Waals surface area (Å²) in [5, 5.41) is 0. The molecule has 1 heterocycles. The van der Waals surface area contributed by atoms with Crippen LogP contribution in [-0.2, 0) is 4.79 Å². The maximum atomic E-state index is 12.2. The van der Waals surface area contributed by atoms with Crippen molar-refractivity contribution in [3.8, 4) is 5.75 Å². The summed E-state index contributed by atoms with van der Waals surface area (Å²) in [6.07, 6.45) is 0.971. The van der Waals surface area contributed by atoms with E-state index in [0.717, 1.165) is 36.4 Å². The lowest BCUT2D eigenvalue weighted by Gasteiger charge is -2.22. The normalized spacial score (nSPS) is 21.0. The van der Waals surface area contributed by atoms with Crippen LogP contribution in [-0.4, -0.2) is 37.0 Å². The molecule has 5 heteroatoms. The van der Waals surface area contributed by atoms with Gasteiger partial charge >= 0.3 is 0 Å². The number of nitrogens with two attached hydrogens (primary N) is 1. The number of benzene rings is 1. The number of aryl methyl sites for hydroxylation is 2. The number of rotatable bonds is 4. The summed E-state index contributed by atoms with van der Waals surface area (Å²) in [6.45, 7) is 8.37. The van der Waals surface area contributed by atoms with Crippen molar-refractivity contribution in [2.75, 3.05) is 26.2 Å². The fraction of sp³-hybridized carbons (Fsp3) is 0.562. The molecule has 1 amide bonds. The molecular weight excluding hydrogens is 288 g/mol.